The molecule has 3 aromatic rings. The van der Waals surface area contributed by atoms with Gasteiger partial charge in [-0.2, -0.15) is 0 Å². The number of fused-ring (bicyclic) bond motifs is 1. The molecule has 0 radical (unpaired) electrons. The van der Waals surface area contributed by atoms with Crippen LogP contribution < -0.4 is 10.1 Å². The highest BCUT2D eigenvalue weighted by atomic mass is 16.5. The molecule has 1 aliphatic heterocycles. The van der Waals surface area contributed by atoms with Crippen molar-refractivity contribution in [1.29, 1.82) is 0 Å². The van der Waals surface area contributed by atoms with Gasteiger partial charge < -0.3 is 10.1 Å². The number of amides is 3. The van der Waals surface area contributed by atoms with Gasteiger partial charge in [-0.1, -0.05) is 19.3 Å². The van der Waals surface area contributed by atoms with E-state index >= 15 is 0 Å². The summed E-state index contributed by atoms with van der Waals surface area (Å²) in [6.45, 7) is 3.74. The number of carbonyl (C=O) groups excluding carboxylic acids is 3. The van der Waals surface area contributed by atoms with Gasteiger partial charge in [-0.3, -0.25) is 19.3 Å². The Morgan fingerprint density at radius 2 is 1.54 bits per heavy atom. The molecule has 0 spiro atoms. The lowest BCUT2D eigenvalue weighted by molar-refractivity contribution is 0.0548. The number of rotatable bonds is 5. The zero-order valence-electron chi connectivity index (χ0n) is 19.7. The molecule has 8 heteroatoms. The molecule has 1 aliphatic carbocycles. The number of aromatic nitrogens is 2. The number of hydrogen-bond donors (Lipinski definition) is 1. The van der Waals surface area contributed by atoms with Crippen molar-refractivity contribution in [2.24, 2.45) is 0 Å². The Bertz CT molecular complexity index is 1290. The van der Waals surface area contributed by atoms with Crippen molar-refractivity contribution >= 4 is 23.4 Å². The summed E-state index contributed by atoms with van der Waals surface area (Å²) in [5, 5.41) is 2.82. The van der Waals surface area contributed by atoms with E-state index in [1.807, 2.05) is 19.9 Å². The van der Waals surface area contributed by atoms with E-state index in [1.54, 1.807) is 36.4 Å². The standard InChI is InChI=1S/C27H26N4O4/c1-16-14-17(2)29-27(28-16)35-21-11-9-19(10-12-21)30-24(32)18-8-13-22-23(15-18)26(34)31(25(22)33)20-6-4-3-5-7-20/h8-15,20H,3-7H2,1-2H3,(H,30,32). The van der Waals surface area contributed by atoms with Gasteiger partial charge in [0.1, 0.15) is 5.75 Å². The monoisotopic (exact) mass is 470 g/mol. The minimum atomic E-state index is -0.365. The summed E-state index contributed by atoms with van der Waals surface area (Å²) in [6, 6.07) is 13.6. The predicted molar refractivity (Wildman–Crippen MR) is 130 cm³/mol. The molecule has 178 valence electrons. The first kappa shape index (κ1) is 22.7. The summed E-state index contributed by atoms with van der Waals surface area (Å²) in [4.78, 5) is 48.7. The summed E-state index contributed by atoms with van der Waals surface area (Å²) in [7, 11) is 0. The molecule has 1 saturated carbocycles. The topological polar surface area (TPSA) is 101 Å². The lowest BCUT2D eigenvalue weighted by atomic mass is 9.94. The normalized spacial score (nSPS) is 15.8. The van der Waals surface area contributed by atoms with Gasteiger partial charge in [-0.05, 0) is 75.2 Å². The molecule has 8 nitrogen and oxygen atoms in total. The van der Waals surface area contributed by atoms with Gasteiger partial charge in [0.2, 0.25) is 0 Å². The van der Waals surface area contributed by atoms with Crippen LogP contribution in [0.25, 0.3) is 0 Å². The zero-order chi connectivity index (χ0) is 24.5. The Morgan fingerprint density at radius 1 is 0.886 bits per heavy atom. The molecule has 2 aromatic carbocycles. The van der Waals surface area contributed by atoms with Gasteiger partial charge in [0.15, 0.2) is 0 Å². The highest BCUT2D eigenvalue weighted by Gasteiger charge is 2.40. The fourth-order valence-corrected chi connectivity index (χ4v) is 4.73. The number of nitrogens with one attached hydrogen (secondary N) is 1. The van der Waals surface area contributed by atoms with E-state index < -0.39 is 0 Å². The van der Waals surface area contributed by atoms with Gasteiger partial charge in [0, 0.05) is 28.7 Å². The molecular weight excluding hydrogens is 444 g/mol. The summed E-state index contributed by atoms with van der Waals surface area (Å²) in [5.41, 5.74) is 3.17. The van der Waals surface area contributed by atoms with Crippen molar-refractivity contribution in [2.45, 2.75) is 52.0 Å². The second-order valence-electron chi connectivity index (χ2n) is 9.05. The molecule has 1 fully saturated rings. The van der Waals surface area contributed by atoms with Crippen LogP contribution in [0.15, 0.2) is 48.5 Å². The third-order valence-corrected chi connectivity index (χ3v) is 6.40. The average Bonchev–Trinajstić information content (AvgIpc) is 3.09. The van der Waals surface area contributed by atoms with Crippen LogP contribution in [0.5, 0.6) is 11.8 Å². The van der Waals surface area contributed by atoms with Crippen LogP contribution in [0, 0.1) is 13.8 Å². The smallest absolute Gasteiger partial charge is 0.322 e. The number of benzene rings is 2. The van der Waals surface area contributed by atoms with E-state index in [-0.39, 0.29) is 29.8 Å². The van der Waals surface area contributed by atoms with Gasteiger partial charge in [0.25, 0.3) is 17.7 Å². The lowest BCUT2D eigenvalue weighted by Crippen LogP contribution is -2.40. The summed E-state index contributed by atoms with van der Waals surface area (Å²) in [5.74, 6) is -0.387. The highest BCUT2D eigenvalue weighted by Crippen LogP contribution is 2.31. The molecule has 2 heterocycles. The number of carbonyl (C=O) groups is 3. The van der Waals surface area contributed by atoms with Crippen LogP contribution in [0.1, 0.15) is 74.6 Å². The maximum Gasteiger partial charge on any atom is 0.322 e. The van der Waals surface area contributed by atoms with Gasteiger partial charge >= 0.3 is 6.01 Å². The van der Waals surface area contributed by atoms with Crippen molar-refractivity contribution in [3.63, 3.8) is 0 Å². The molecule has 1 aromatic heterocycles. The highest BCUT2D eigenvalue weighted by molar-refractivity contribution is 6.22. The average molecular weight is 471 g/mol. The molecule has 0 atom stereocenters. The molecule has 3 amide bonds. The third-order valence-electron chi connectivity index (χ3n) is 6.40. The molecule has 0 saturated heterocycles. The summed E-state index contributed by atoms with van der Waals surface area (Å²) in [6.07, 6.45) is 4.86. The van der Waals surface area contributed by atoms with E-state index in [1.165, 1.54) is 11.0 Å². The van der Waals surface area contributed by atoms with Gasteiger partial charge in [-0.25, -0.2) is 9.97 Å². The molecular formula is C27H26N4O4. The first-order valence-corrected chi connectivity index (χ1v) is 11.8. The molecule has 0 bridgehead atoms. The largest absolute Gasteiger partial charge is 0.424 e. The zero-order valence-corrected chi connectivity index (χ0v) is 19.7. The van der Waals surface area contributed by atoms with E-state index in [4.69, 9.17) is 4.74 Å². The number of nitrogens with zero attached hydrogens (tertiary/aromatic N) is 3. The lowest BCUT2D eigenvalue weighted by Gasteiger charge is -2.29. The fourth-order valence-electron chi connectivity index (χ4n) is 4.73. The SMILES string of the molecule is Cc1cc(C)nc(Oc2ccc(NC(=O)c3ccc4c(c3)C(=O)N(C3CCCCC3)C4=O)cc2)n1. The van der Waals surface area contributed by atoms with Crippen LogP contribution in [0.4, 0.5) is 5.69 Å². The minimum Gasteiger partial charge on any atom is -0.424 e. The van der Waals surface area contributed by atoms with Crippen molar-refractivity contribution in [2.75, 3.05) is 5.32 Å². The number of ether oxygens (including phenoxy) is 1. The van der Waals surface area contributed by atoms with Crippen molar-refractivity contribution in [3.05, 3.63) is 76.6 Å². The Kier molecular flexibility index (Phi) is 6.03. The second-order valence-corrected chi connectivity index (χ2v) is 9.05. The summed E-state index contributed by atoms with van der Waals surface area (Å²) >= 11 is 0. The van der Waals surface area contributed by atoms with Crippen molar-refractivity contribution in [3.8, 4) is 11.8 Å². The molecule has 35 heavy (non-hydrogen) atoms. The van der Waals surface area contributed by atoms with Crippen molar-refractivity contribution < 1.29 is 19.1 Å². The Morgan fingerprint density at radius 3 is 2.23 bits per heavy atom. The van der Waals surface area contributed by atoms with E-state index in [0.717, 1.165) is 43.5 Å². The van der Waals surface area contributed by atoms with Crippen LogP contribution in [-0.4, -0.2) is 38.6 Å². The van der Waals surface area contributed by atoms with Gasteiger partial charge in [0.05, 0.1) is 11.1 Å². The third kappa shape index (κ3) is 4.64. The quantitative estimate of drug-likeness (QED) is 0.523. The molecule has 1 N–H and O–H groups in total. The van der Waals surface area contributed by atoms with E-state index in [0.29, 0.717) is 28.1 Å². The van der Waals surface area contributed by atoms with Crippen LogP contribution in [-0.2, 0) is 0 Å². The van der Waals surface area contributed by atoms with Crippen LogP contribution in [0.3, 0.4) is 0 Å². The van der Waals surface area contributed by atoms with Crippen LogP contribution in [0.2, 0.25) is 0 Å². The van der Waals surface area contributed by atoms with Gasteiger partial charge in [-0.15, -0.1) is 0 Å². The second kappa shape index (κ2) is 9.29. The number of hydrogen-bond acceptors (Lipinski definition) is 6. The molecule has 5 rings (SSSR count). The van der Waals surface area contributed by atoms with E-state index in [9.17, 15) is 14.4 Å². The predicted octanol–water partition coefficient (Wildman–Crippen LogP) is 5.07. The Labute approximate surface area is 203 Å². The Hall–Kier alpha value is -4.07. The maximum absolute atomic E-state index is 13.0. The number of imide groups is 1. The minimum absolute atomic E-state index is 0.0525. The first-order chi connectivity index (χ1) is 16.9. The van der Waals surface area contributed by atoms with Crippen molar-refractivity contribution in [1.82, 2.24) is 14.9 Å². The Balaban J connectivity index is 1.27. The molecule has 2 aliphatic rings. The summed E-state index contributed by atoms with van der Waals surface area (Å²) < 4.78 is 5.71. The van der Waals surface area contributed by atoms with Crippen LogP contribution >= 0.6 is 0 Å². The first-order valence-electron chi connectivity index (χ1n) is 11.8. The fraction of sp³-hybridized carbons (Fsp3) is 0.296. The van der Waals surface area contributed by atoms with E-state index in [2.05, 4.69) is 15.3 Å². The number of anilines is 1. The number of aryl methyl sites for hydroxylation is 2. The maximum atomic E-state index is 13.0. The molecule has 0 unspecified atom stereocenters.